The molecule has 3 rings (SSSR count). The highest BCUT2D eigenvalue weighted by molar-refractivity contribution is 6.31. The normalized spacial score (nSPS) is 10.7. The second-order valence-corrected chi connectivity index (χ2v) is 5.89. The average Bonchev–Trinajstić information content (AvgIpc) is 3.04. The number of benzene rings is 2. The molecule has 124 valence electrons. The van der Waals surface area contributed by atoms with Crippen LogP contribution in [0.2, 0.25) is 5.02 Å². The first-order valence-corrected chi connectivity index (χ1v) is 7.93. The molecule has 3 aromatic rings. The molecule has 1 N–H and O–H groups in total. The monoisotopic (exact) mass is 343 g/mol. The van der Waals surface area contributed by atoms with Gasteiger partial charge in [-0.15, -0.1) is 0 Å². The van der Waals surface area contributed by atoms with Crippen molar-refractivity contribution in [1.82, 2.24) is 10.1 Å². The van der Waals surface area contributed by atoms with Crippen molar-refractivity contribution in [1.29, 1.82) is 0 Å². The molecule has 5 nitrogen and oxygen atoms in total. The molecule has 6 heteroatoms. The second kappa shape index (κ2) is 6.93. The third-order valence-corrected chi connectivity index (χ3v) is 4.17. The molecule has 0 aliphatic rings. The van der Waals surface area contributed by atoms with Crippen LogP contribution in [0.3, 0.4) is 0 Å². The predicted octanol–water partition coefficient (Wildman–Crippen LogP) is 4.63. The molecule has 0 unspecified atom stereocenters. The lowest BCUT2D eigenvalue weighted by Gasteiger charge is -2.11. The van der Waals surface area contributed by atoms with E-state index in [1.54, 1.807) is 13.2 Å². The number of halogens is 1. The van der Waals surface area contributed by atoms with Gasteiger partial charge in [0.2, 0.25) is 11.7 Å². The Kier molecular flexibility index (Phi) is 4.71. The summed E-state index contributed by atoms with van der Waals surface area (Å²) in [5, 5.41) is 7.97. The van der Waals surface area contributed by atoms with Crippen LogP contribution in [0.15, 0.2) is 40.9 Å². The quantitative estimate of drug-likeness (QED) is 0.732. The topological polar surface area (TPSA) is 60.2 Å². The van der Waals surface area contributed by atoms with Crippen LogP contribution >= 0.6 is 11.6 Å². The van der Waals surface area contributed by atoms with E-state index in [1.165, 1.54) is 0 Å². The van der Waals surface area contributed by atoms with Crippen LogP contribution in [0.5, 0.6) is 5.75 Å². The van der Waals surface area contributed by atoms with Gasteiger partial charge in [0.25, 0.3) is 0 Å². The summed E-state index contributed by atoms with van der Waals surface area (Å²) in [5.41, 5.74) is 3.86. The first kappa shape index (κ1) is 16.3. The fourth-order valence-corrected chi connectivity index (χ4v) is 2.55. The van der Waals surface area contributed by atoms with Crippen molar-refractivity contribution in [2.24, 2.45) is 0 Å². The summed E-state index contributed by atoms with van der Waals surface area (Å²) in [5.74, 6) is 1.76. The van der Waals surface area contributed by atoms with E-state index in [-0.39, 0.29) is 0 Å². The van der Waals surface area contributed by atoms with Crippen molar-refractivity contribution in [2.75, 3.05) is 12.4 Å². The van der Waals surface area contributed by atoms with E-state index >= 15 is 0 Å². The fraction of sp³-hybridized carbons (Fsp3) is 0.222. The molecule has 0 saturated carbocycles. The van der Waals surface area contributed by atoms with Gasteiger partial charge in [-0.3, -0.25) is 0 Å². The molecule has 1 aromatic heterocycles. The third-order valence-electron chi connectivity index (χ3n) is 3.76. The number of ether oxygens (including phenoxy) is 1. The zero-order chi connectivity index (χ0) is 17.1. The number of nitrogens with one attached hydrogen (secondary N) is 1. The summed E-state index contributed by atoms with van der Waals surface area (Å²) < 4.78 is 10.7. The molecule has 0 amide bonds. The van der Waals surface area contributed by atoms with Crippen molar-refractivity contribution >= 4 is 17.3 Å². The number of hydrogen-bond donors (Lipinski definition) is 1. The summed E-state index contributed by atoms with van der Waals surface area (Å²) in [4.78, 5) is 4.44. The molecule has 0 bridgehead atoms. The second-order valence-electron chi connectivity index (χ2n) is 5.48. The van der Waals surface area contributed by atoms with Gasteiger partial charge in [-0.25, -0.2) is 0 Å². The van der Waals surface area contributed by atoms with E-state index in [2.05, 4.69) is 15.5 Å². The summed E-state index contributed by atoms with van der Waals surface area (Å²) in [6, 6.07) is 11.6. The number of methoxy groups -OCH3 is 1. The highest BCUT2D eigenvalue weighted by Crippen LogP contribution is 2.31. The Labute approximate surface area is 145 Å². The van der Waals surface area contributed by atoms with Crippen LogP contribution in [-0.4, -0.2) is 17.3 Å². The van der Waals surface area contributed by atoms with Gasteiger partial charge in [0, 0.05) is 16.7 Å². The molecule has 0 fully saturated rings. The SMILES string of the molecule is COc1cc(Cl)c(C)cc1NCc1nc(-c2ccccc2C)no1. The molecular weight excluding hydrogens is 326 g/mol. The molecule has 2 aromatic carbocycles. The van der Waals surface area contributed by atoms with Gasteiger partial charge in [0.15, 0.2) is 0 Å². The number of rotatable bonds is 5. The molecule has 1 heterocycles. The highest BCUT2D eigenvalue weighted by Gasteiger charge is 2.12. The lowest BCUT2D eigenvalue weighted by atomic mass is 10.1. The standard InChI is InChI=1S/C18H18ClN3O2/c1-11-6-4-5-7-13(11)18-21-17(24-22-18)10-20-15-8-12(2)14(19)9-16(15)23-3/h4-9,20H,10H2,1-3H3. The number of nitrogens with zero attached hydrogens (tertiary/aromatic N) is 2. The molecule has 0 saturated heterocycles. The smallest absolute Gasteiger partial charge is 0.246 e. The first-order valence-electron chi connectivity index (χ1n) is 7.55. The van der Waals surface area contributed by atoms with Gasteiger partial charge >= 0.3 is 0 Å². The van der Waals surface area contributed by atoms with Crippen LogP contribution in [0.25, 0.3) is 11.4 Å². The maximum absolute atomic E-state index is 6.12. The highest BCUT2D eigenvalue weighted by atomic mass is 35.5. The summed E-state index contributed by atoms with van der Waals surface area (Å²) in [6.45, 7) is 4.36. The Bertz CT molecular complexity index is 861. The van der Waals surface area contributed by atoms with Gasteiger partial charge in [0.1, 0.15) is 5.75 Å². The Balaban J connectivity index is 1.77. The van der Waals surface area contributed by atoms with Crippen LogP contribution in [-0.2, 0) is 6.54 Å². The molecule has 0 spiro atoms. The van der Waals surface area contributed by atoms with E-state index in [0.29, 0.717) is 29.0 Å². The van der Waals surface area contributed by atoms with Crippen molar-refractivity contribution in [3.63, 3.8) is 0 Å². The zero-order valence-electron chi connectivity index (χ0n) is 13.8. The van der Waals surface area contributed by atoms with Gasteiger partial charge < -0.3 is 14.6 Å². The van der Waals surface area contributed by atoms with E-state index in [1.807, 2.05) is 44.2 Å². The summed E-state index contributed by atoms with van der Waals surface area (Å²) in [6.07, 6.45) is 0. The summed E-state index contributed by atoms with van der Waals surface area (Å²) in [7, 11) is 1.61. The fourth-order valence-electron chi connectivity index (χ4n) is 2.40. The molecule has 0 atom stereocenters. The van der Waals surface area contributed by atoms with Crippen LogP contribution in [0.4, 0.5) is 5.69 Å². The lowest BCUT2D eigenvalue weighted by Crippen LogP contribution is -2.02. The van der Waals surface area contributed by atoms with E-state index in [9.17, 15) is 0 Å². The number of aryl methyl sites for hydroxylation is 2. The van der Waals surface area contributed by atoms with E-state index < -0.39 is 0 Å². The van der Waals surface area contributed by atoms with Crippen molar-refractivity contribution in [3.8, 4) is 17.1 Å². The van der Waals surface area contributed by atoms with Gasteiger partial charge in [0.05, 0.1) is 19.3 Å². The largest absolute Gasteiger partial charge is 0.495 e. The van der Waals surface area contributed by atoms with Crippen LogP contribution in [0.1, 0.15) is 17.0 Å². The maximum atomic E-state index is 6.12. The number of aromatic nitrogens is 2. The summed E-state index contributed by atoms with van der Waals surface area (Å²) >= 11 is 6.12. The minimum absolute atomic E-state index is 0.399. The molecular formula is C18H18ClN3O2. The van der Waals surface area contributed by atoms with E-state index in [0.717, 1.165) is 22.4 Å². The Morgan fingerprint density at radius 3 is 2.71 bits per heavy atom. The van der Waals surface area contributed by atoms with Crippen molar-refractivity contribution in [2.45, 2.75) is 20.4 Å². The van der Waals surface area contributed by atoms with Crippen LogP contribution < -0.4 is 10.1 Å². The molecule has 24 heavy (non-hydrogen) atoms. The molecule has 0 aliphatic carbocycles. The minimum Gasteiger partial charge on any atom is -0.495 e. The van der Waals surface area contributed by atoms with E-state index in [4.69, 9.17) is 20.9 Å². The number of hydrogen-bond acceptors (Lipinski definition) is 5. The van der Waals surface area contributed by atoms with Crippen molar-refractivity contribution in [3.05, 3.63) is 58.4 Å². The predicted molar refractivity (Wildman–Crippen MR) is 94.5 cm³/mol. The van der Waals surface area contributed by atoms with Crippen molar-refractivity contribution < 1.29 is 9.26 Å². The Morgan fingerprint density at radius 1 is 1.17 bits per heavy atom. The average molecular weight is 344 g/mol. The van der Waals surface area contributed by atoms with Gasteiger partial charge in [-0.1, -0.05) is 41.0 Å². The number of anilines is 1. The molecule has 0 aliphatic heterocycles. The minimum atomic E-state index is 0.399. The molecule has 0 radical (unpaired) electrons. The Morgan fingerprint density at radius 2 is 1.96 bits per heavy atom. The lowest BCUT2D eigenvalue weighted by molar-refractivity contribution is 0.383. The van der Waals surface area contributed by atoms with Gasteiger partial charge in [-0.2, -0.15) is 4.98 Å². The maximum Gasteiger partial charge on any atom is 0.246 e. The van der Waals surface area contributed by atoms with Gasteiger partial charge in [-0.05, 0) is 31.0 Å². The third kappa shape index (κ3) is 3.36. The first-order chi connectivity index (χ1) is 11.6. The van der Waals surface area contributed by atoms with Crippen LogP contribution in [0, 0.1) is 13.8 Å². The Hall–Kier alpha value is -2.53. The zero-order valence-corrected chi connectivity index (χ0v) is 14.5.